The molecule has 2 fully saturated rings. The Morgan fingerprint density at radius 3 is 1.32 bits per heavy atom. The smallest absolute Gasteiger partial charge is 0.410 e. The van der Waals surface area contributed by atoms with Crippen LogP contribution in [0.2, 0.25) is 0 Å². The molecule has 0 saturated carbocycles. The summed E-state index contributed by atoms with van der Waals surface area (Å²) in [4.78, 5) is 76.6. The van der Waals surface area contributed by atoms with Crippen LogP contribution in [-0.4, -0.2) is 148 Å². The van der Waals surface area contributed by atoms with Crippen molar-refractivity contribution in [3.05, 3.63) is 177 Å². The normalized spacial score (nSPS) is 13.7. The fourth-order valence-electron chi connectivity index (χ4n) is 8.49. The highest BCUT2D eigenvalue weighted by Crippen LogP contribution is 2.28. The lowest BCUT2D eigenvalue weighted by atomic mass is 10.00. The van der Waals surface area contributed by atoms with Crippen LogP contribution in [0, 0.1) is 33.8 Å². The van der Waals surface area contributed by atoms with Gasteiger partial charge < -0.3 is 35.6 Å². The molecule has 4 aromatic carbocycles. The summed E-state index contributed by atoms with van der Waals surface area (Å²) in [5, 5.41) is 17.2. The van der Waals surface area contributed by atoms with E-state index in [1.807, 2.05) is 96.1 Å². The predicted molar refractivity (Wildman–Crippen MR) is 308 cm³/mol. The molecule has 4 amide bonds. The highest BCUT2D eigenvalue weighted by Gasteiger charge is 2.27. The van der Waals surface area contributed by atoms with Crippen LogP contribution >= 0.6 is 0 Å². The number of nitro groups is 1. The fourth-order valence-corrected chi connectivity index (χ4v) is 8.49. The van der Waals surface area contributed by atoms with E-state index in [0.717, 1.165) is 66.1 Å². The van der Waals surface area contributed by atoms with Gasteiger partial charge in [0, 0.05) is 155 Å². The summed E-state index contributed by atoms with van der Waals surface area (Å²) in [6.45, 7) is 18.9. The first-order chi connectivity index (χ1) is 38.3. The van der Waals surface area contributed by atoms with Gasteiger partial charge in [0.15, 0.2) is 0 Å². The highest BCUT2D eigenvalue weighted by atomic mass is 16.6. The summed E-state index contributed by atoms with van der Waals surface area (Å²) in [6.07, 6.45) is 6.25. The van der Waals surface area contributed by atoms with Crippen molar-refractivity contribution in [1.29, 1.82) is 0 Å². The molecule has 0 aliphatic carbocycles. The van der Waals surface area contributed by atoms with Gasteiger partial charge in [-0.1, -0.05) is 29.7 Å². The molecular weight excluding hydrogens is 1010 g/mol. The molecule has 2 aliphatic rings. The zero-order valence-corrected chi connectivity index (χ0v) is 46.2. The van der Waals surface area contributed by atoms with Gasteiger partial charge in [-0.15, -0.1) is 0 Å². The Morgan fingerprint density at radius 1 is 0.550 bits per heavy atom. The van der Waals surface area contributed by atoms with Crippen LogP contribution < -0.4 is 16.4 Å². The number of carbonyl (C=O) groups is 4. The van der Waals surface area contributed by atoms with Gasteiger partial charge in [0.2, 0.25) is 0 Å². The molecule has 0 bridgehead atoms. The Bertz CT molecular complexity index is 3230. The van der Waals surface area contributed by atoms with Gasteiger partial charge in [0.05, 0.1) is 4.92 Å². The highest BCUT2D eigenvalue weighted by molar-refractivity contribution is 5.95. The number of pyridine rings is 2. The van der Waals surface area contributed by atoms with E-state index < -0.39 is 16.1 Å². The molecule has 0 unspecified atom stereocenters. The molecular formula is C62H68N10O8. The minimum atomic E-state index is -0.516. The van der Waals surface area contributed by atoms with E-state index in [-0.39, 0.29) is 29.7 Å². The summed E-state index contributed by atoms with van der Waals surface area (Å²) in [5.41, 5.74) is 13.2. The predicted octanol–water partition coefficient (Wildman–Crippen LogP) is 8.35. The standard InChI is InChI=1S/C31H33N5O5.C31H35N5O3/c1-31(2,3)41-30(38)35-20-18-34(19-21-35)17-16-33-29(37)25-7-4-23(5-8-25)6-9-26-22-27(36(39)40)10-11-28(26)24-12-14-32-15-13-24;1-31(2,3)39-30(38)36-20-18-35(19-21-36)17-16-34-29(37)25-7-4-23(5-8-25)6-9-26-22-27(32)10-11-28(26)24-12-14-33-15-13-24/h4-5,7-8,10-15,22H,16-21H2,1-3H3,(H,33,37);4-5,7-8,10-15,22H,16-21,32H2,1-3H3,(H,34,37). The van der Waals surface area contributed by atoms with Gasteiger partial charge in [-0.25, -0.2) is 9.59 Å². The lowest BCUT2D eigenvalue weighted by molar-refractivity contribution is -0.384. The molecule has 2 saturated heterocycles. The number of rotatable bonds is 11. The number of carbonyl (C=O) groups excluding carboxylic acids is 4. The van der Waals surface area contributed by atoms with Gasteiger partial charge in [-0.2, -0.15) is 0 Å². The number of nitrogens with two attached hydrogens (primary N) is 1. The van der Waals surface area contributed by atoms with E-state index in [0.29, 0.717) is 73.8 Å². The van der Waals surface area contributed by atoms with Crippen molar-refractivity contribution in [2.45, 2.75) is 52.7 Å². The molecule has 4 heterocycles. The number of benzene rings is 4. The molecule has 8 rings (SSSR count). The maximum Gasteiger partial charge on any atom is 0.410 e. The Hall–Kier alpha value is -9.10. The third kappa shape index (κ3) is 18.0. The number of hydrogen-bond acceptors (Lipinski definition) is 13. The van der Waals surface area contributed by atoms with Crippen molar-refractivity contribution in [1.82, 2.24) is 40.2 Å². The third-order valence-electron chi connectivity index (χ3n) is 12.7. The van der Waals surface area contributed by atoms with Crippen molar-refractivity contribution in [2.24, 2.45) is 0 Å². The number of hydrogen-bond donors (Lipinski definition) is 3. The number of nitrogens with one attached hydrogen (secondary N) is 2. The second-order valence-corrected chi connectivity index (χ2v) is 21.0. The van der Waals surface area contributed by atoms with Crippen LogP contribution in [0.1, 0.15) is 84.5 Å². The summed E-state index contributed by atoms with van der Waals surface area (Å²) in [6, 6.07) is 32.0. The zero-order valence-electron chi connectivity index (χ0n) is 46.2. The summed E-state index contributed by atoms with van der Waals surface area (Å²) < 4.78 is 10.9. The average Bonchev–Trinajstić information content (AvgIpc) is 3.46. The van der Waals surface area contributed by atoms with Crippen LogP contribution in [0.3, 0.4) is 0 Å². The van der Waals surface area contributed by atoms with Gasteiger partial charge in [0.25, 0.3) is 17.5 Å². The largest absolute Gasteiger partial charge is 0.444 e. The second kappa shape index (κ2) is 27.5. The number of nitrogen functional groups attached to an aromatic ring is 1. The maximum absolute atomic E-state index is 12.7. The number of nitrogens with zero attached hydrogens (tertiary/aromatic N) is 7. The third-order valence-corrected chi connectivity index (χ3v) is 12.7. The molecule has 6 aromatic rings. The number of non-ortho nitro benzene ring substituents is 1. The number of anilines is 1. The van der Waals surface area contributed by atoms with Gasteiger partial charge >= 0.3 is 12.2 Å². The second-order valence-electron chi connectivity index (χ2n) is 21.0. The monoisotopic (exact) mass is 1080 g/mol. The van der Waals surface area contributed by atoms with E-state index in [1.54, 1.807) is 77.1 Å². The number of amides is 4. The van der Waals surface area contributed by atoms with Gasteiger partial charge in [-0.05, 0) is 155 Å². The molecule has 2 aromatic heterocycles. The molecule has 18 nitrogen and oxygen atoms in total. The molecule has 2 aliphatic heterocycles. The maximum atomic E-state index is 12.7. The van der Waals surface area contributed by atoms with E-state index in [1.165, 1.54) is 12.1 Å². The first kappa shape index (κ1) is 58.6. The molecule has 0 atom stereocenters. The van der Waals surface area contributed by atoms with Gasteiger partial charge in [0.1, 0.15) is 11.2 Å². The summed E-state index contributed by atoms with van der Waals surface area (Å²) in [7, 11) is 0. The van der Waals surface area contributed by atoms with Crippen LogP contribution in [-0.2, 0) is 9.47 Å². The van der Waals surface area contributed by atoms with E-state index in [2.05, 4.69) is 54.1 Å². The summed E-state index contributed by atoms with van der Waals surface area (Å²) in [5.74, 6) is 12.2. The quantitative estimate of drug-likeness (QED) is 0.0482. The minimum Gasteiger partial charge on any atom is -0.444 e. The molecule has 4 N–H and O–H groups in total. The average molecular weight is 1080 g/mol. The van der Waals surface area contributed by atoms with Crippen molar-refractivity contribution in [3.8, 4) is 45.9 Å². The Balaban J connectivity index is 0.000000231. The van der Waals surface area contributed by atoms with Crippen molar-refractivity contribution >= 4 is 35.4 Å². The Morgan fingerprint density at radius 2 is 0.938 bits per heavy atom. The molecule has 0 spiro atoms. The fraction of sp³-hybridized carbons (Fsp3) is 0.323. The Kier molecular flexibility index (Phi) is 20.1. The molecule has 18 heteroatoms. The van der Waals surface area contributed by atoms with E-state index in [4.69, 9.17) is 15.2 Å². The van der Waals surface area contributed by atoms with Gasteiger partial charge in [-0.3, -0.25) is 39.5 Å². The van der Waals surface area contributed by atoms with Crippen LogP contribution in [0.5, 0.6) is 0 Å². The number of piperazine rings is 2. The first-order valence-electron chi connectivity index (χ1n) is 26.5. The summed E-state index contributed by atoms with van der Waals surface area (Å²) >= 11 is 0. The van der Waals surface area contributed by atoms with E-state index in [9.17, 15) is 29.3 Å². The minimum absolute atomic E-state index is 0.0379. The SMILES string of the molecule is CC(C)(C)OC(=O)N1CCN(CCNC(=O)c2ccc(C#Cc3cc(N)ccc3-c3ccncc3)cc2)CC1.CC(C)(C)OC(=O)N1CCN(CCNC(=O)c2ccc(C#Cc3cc([N+](=O)[O-])ccc3-c3ccncc3)cc2)CC1. The molecule has 80 heavy (non-hydrogen) atoms. The van der Waals surface area contributed by atoms with Crippen molar-refractivity contribution in [3.63, 3.8) is 0 Å². The lowest BCUT2D eigenvalue weighted by Crippen LogP contribution is -2.51. The van der Waals surface area contributed by atoms with Crippen LogP contribution in [0.15, 0.2) is 134 Å². The van der Waals surface area contributed by atoms with Crippen LogP contribution in [0.25, 0.3) is 22.3 Å². The molecule has 0 radical (unpaired) electrons. The number of nitro benzene ring substituents is 1. The molecule has 414 valence electrons. The number of ether oxygens (including phenoxy) is 2. The van der Waals surface area contributed by atoms with Crippen LogP contribution in [0.4, 0.5) is 21.0 Å². The van der Waals surface area contributed by atoms with Crippen molar-refractivity contribution in [2.75, 3.05) is 84.3 Å². The van der Waals surface area contributed by atoms with E-state index >= 15 is 0 Å². The van der Waals surface area contributed by atoms with Crippen molar-refractivity contribution < 1.29 is 33.6 Å². The zero-order chi connectivity index (χ0) is 57.2. The number of aromatic nitrogens is 2. The Labute approximate surface area is 467 Å². The first-order valence-corrected chi connectivity index (χ1v) is 26.5. The topological polar surface area (TPSA) is 219 Å². The lowest BCUT2D eigenvalue weighted by Gasteiger charge is -2.35.